The third-order valence-electron chi connectivity index (χ3n) is 1.53. The number of methoxy groups -OCH3 is 1. The number of nitrogens with two attached hydrogens (primary N) is 1. The van der Waals surface area contributed by atoms with Gasteiger partial charge in [0, 0.05) is 6.20 Å². The van der Waals surface area contributed by atoms with Gasteiger partial charge in [-0.25, -0.2) is 4.98 Å². The molecule has 1 heterocycles. The van der Waals surface area contributed by atoms with Crippen molar-refractivity contribution in [1.82, 2.24) is 9.97 Å². The lowest BCUT2D eigenvalue weighted by Crippen LogP contribution is -2.16. The molecule has 0 amide bonds. The molecule has 0 fully saturated rings. The zero-order chi connectivity index (χ0) is 8.97. The van der Waals surface area contributed by atoms with Crippen LogP contribution >= 0.6 is 0 Å². The summed E-state index contributed by atoms with van der Waals surface area (Å²) in [6, 6.07) is -0.361. The highest BCUT2D eigenvalue weighted by atomic mass is 16.5. The highest BCUT2D eigenvalue weighted by Gasteiger charge is 2.12. The zero-order valence-corrected chi connectivity index (χ0v) is 6.78. The van der Waals surface area contributed by atoms with Crippen molar-refractivity contribution in [2.45, 2.75) is 12.5 Å². The van der Waals surface area contributed by atoms with E-state index in [0.717, 1.165) is 5.69 Å². The highest BCUT2D eigenvalue weighted by molar-refractivity contribution is 5.70. The monoisotopic (exact) mass is 169 g/mol. The van der Waals surface area contributed by atoms with Crippen LogP contribution in [-0.2, 0) is 9.53 Å². The molecular weight excluding hydrogens is 158 g/mol. The molecular formula is C7H11N3O2. The van der Waals surface area contributed by atoms with Crippen LogP contribution in [0.3, 0.4) is 0 Å². The zero-order valence-electron chi connectivity index (χ0n) is 6.78. The SMILES string of the molecule is COC(=O)C[C@@H](N)c1cnc[nH]1. The van der Waals surface area contributed by atoms with Crippen molar-refractivity contribution < 1.29 is 9.53 Å². The number of ether oxygens (including phenoxy) is 1. The number of imidazole rings is 1. The lowest BCUT2D eigenvalue weighted by molar-refractivity contribution is -0.141. The standard InChI is InChI=1S/C7H11N3O2/c1-12-7(11)2-5(8)6-3-9-4-10-6/h3-5H,2,8H2,1H3,(H,9,10)/t5-/m1/s1. The number of aromatic nitrogens is 2. The van der Waals surface area contributed by atoms with E-state index in [2.05, 4.69) is 14.7 Å². The molecule has 1 aromatic heterocycles. The second kappa shape index (κ2) is 3.87. The van der Waals surface area contributed by atoms with Crippen molar-refractivity contribution >= 4 is 5.97 Å². The minimum Gasteiger partial charge on any atom is -0.469 e. The van der Waals surface area contributed by atoms with Crippen molar-refractivity contribution in [3.05, 3.63) is 18.2 Å². The van der Waals surface area contributed by atoms with E-state index >= 15 is 0 Å². The number of esters is 1. The molecule has 0 spiro atoms. The summed E-state index contributed by atoms with van der Waals surface area (Å²) in [6.07, 6.45) is 3.28. The van der Waals surface area contributed by atoms with Crippen LogP contribution in [0.1, 0.15) is 18.2 Å². The largest absolute Gasteiger partial charge is 0.469 e. The molecule has 0 bridgehead atoms. The van der Waals surface area contributed by atoms with Gasteiger partial charge in [0.1, 0.15) is 0 Å². The number of carbonyl (C=O) groups is 1. The molecule has 0 aromatic carbocycles. The van der Waals surface area contributed by atoms with Gasteiger partial charge in [0.25, 0.3) is 0 Å². The third-order valence-corrected chi connectivity index (χ3v) is 1.53. The molecule has 0 unspecified atom stereocenters. The molecule has 66 valence electrons. The predicted molar refractivity (Wildman–Crippen MR) is 42.1 cm³/mol. The number of nitrogens with zero attached hydrogens (tertiary/aromatic N) is 1. The first-order chi connectivity index (χ1) is 5.74. The summed E-state index contributed by atoms with van der Waals surface area (Å²) < 4.78 is 4.47. The molecule has 0 aliphatic rings. The molecule has 0 aliphatic heterocycles. The molecule has 5 nitrogen and oxygen atoms in total. The van der Waals surface area contributed by atoms with Crippen molar-refractivity contribution in [3.8, 4) is 0 Å². The Bertz CT molecular complexity index is 245. The minimum absolute atomic E-state index is 0.165. The third kappa shape index (κ3) is 2.06. The highest BCUT2D eigenvalue weighted by Crippen LogP contribution is 2.09. The minimum atomic E-state index is -0.361. The van der Waals surface area contributed by atoms with Crippen LogP contribution in [0.4, 0.5) is 0 Å². The Hall–Kier alpha value is -1.36. The van der Waals surface area contributed by atoms with Gasteiger partial charge < -0.3 is 15.5 Å². The molecule has 5 heteroatoms. The van der Waals surface area contributed by atoms with Crippen molar-refractivity contribution in [3.63, 3.8) is 0 Å². The maximum Gasteiger partial charge on any atom is 0.307 e. The van der Waals surface area contributed by atoms with E-state index in [4.69, 9.17) is 5.73 Å². The molecule has 12 heavy (non-hydrogen) atoms. The van der Waals surface area contributed by atoms with Gasteiger partial charge in [-0.05, 0) is 0 Å². The fourth-order valence-electron chi connectivity index (χ4n) is 0.842. The van der Waals surface area contributed by atoms with E-state index in [-0.39, 0.29) is 18.4 Å². The lowest BCUT2D eigenvalue weighted by atomic mass is 10.2. The summed E-state index contributed by atoms with van der Waals surface area (Å²) in [7, 11) is 1.34. The number of nitrogens with one attached hydrogen (secondary N) is 1. The number of hydrogen-bond acceptors (Lipinski definition) is 4. The number of rotatable bonds is 3. The summed E-state index contributed by atoms with van der Waals surface area (Å²) in [5.41, 5.74) is 6.38. The van der Waals surface area contributed by atoms with E-state index in [9.17, 15) is 4.79 Å². The summed E-state index contributed by atoms with van der Waals surface area (Å²) in [6.45, 7) is 0. The Labute approximate surface area is 69.9 Å². The Morgan fingerprint density at radius 3 is 3.17 bits per heavy atom. The second-order valence-electron chi connectivity index (χ2n) is 2.39. The summed E-state index contributed by atoms with van der Waals surface area (Å²) in [4.78, 5) is 17.4. The number of carbonyl (C=O) groups excluding carboxylic acids is 1. The van der Waals surface area contributed by atoms with E-state index in [1.165, 1.54) is 13.4 Å². The Morgan fingerprint density at radius 2 is 2.67 bits per heavy atom. The number of hydrogen-bond donors (Lipinski definition) is 2. The first-order valence-electron chi connectivity index (χ1n) is 3.54. The molecule has 0 radical (unpaired) electrons. The predicted octanol–water partition coefficient (Wildman–Crippen LogP) is -0.0274. The normalized spacial score (nSPS) is 12.5. The van der Waals surface area contributed by atoms with Gasteiger partial charge in [-0.15, -0.1) is 0 Å². The van der Waals surface area contributed by atoms with E-state index in [1.54, 1.807) is 6.20 Å². The van der Waals surface area contributed by atoms with E-state index in [1.807, 2.05) is 0 Å². The van der Waals surface area contributed by atoms with E-state index < -0.39 is 0 Å². The van der Waals surface area contributed by atoms with Crippen LogP contribution < -0.4 is 5.73 Å². The van der Waals surface area contributed by atoms with Gasteiger partial charge >= 0.3 is 5.97 Å². The topological polar surface area (TPSA) is 81.0 Å². The second-order valence-corrected chi connectivity index (χ2v) is 2.39. The molecule has 3 N–H and O–H groups in total. The van der Waals surface area contributed by atoms with Crippen LogP contribution in [0, 0.1) is 0 Å². The Balaban J connectivity index is 2.49. The van der Waals surface area contributed by atoms with Crippen molar-refractivity contribution in [2.24, 2.45) is 5.73 Å². The van der Waals surface area contributed by atoms with Gasteiger partial charge in [0.2, 0.25) is 0 Å². The summed E-state index contributed by atoms with van der Waals surface area (Å²) in [5.74, 6) is -0.322. The summed E-state index contributed by atoms with van der Waals surface area (Å²) >= 11 is 0. The molecule has 0 saturated carbocycles. The molecule has 0 aliphatic carbocycles. The van der Waals surface area contributed by atoms with Gasteiger partial charge in [0.15, 0.2) is 0 Å². The first-order valence-corrected chi connectivity index (χ1v) is 3.54. The maximum absolute atomic E-state index is 10.8. The smallest absolute Gasteiger partial charge is 0.307 e. The van der Waals surface area contributed by atoms with E-state index in [0.29, 0.717) is 0 Å². The quantitative estimate of drug-likeness (QED) is 0.623. The van der Waals surface area contributed by atoms with Crippen molar-refractivity contribution in [2.75, 3.05) is 7.11 Å². The maximum atomic E-state index is 10.8. The van der Waals surface area contributed by atoms with Gasteiger partial charge in [-0.2, -0.15) is 0 Å². The van der Waals surface area contributed by atoms with Crippen LogP contribution in [-0.4, -0.2) is 23.0 Å². The average Bonchev–Trinajstić information content (AvgIpc) is 2.56. The Morgan fingerprint density at radius 1 is 1.92 bits per heavy atom. The first kappa shape index (κ1) is 8.73. The van der Waals surface area contributed by atoms with Gasteiger partial charge in [-0.3, -0.25) is 4.79 Å². The molecule has 1 aromatic rings. The Kier molecular flexibility index (Phi) is 2.82. The lowest BCUT2D eigenvalue weighted by Gasteiger charge is -2.06. The number of aromatic amines is 1. The van der Waals surface area contributed by atoms with Crippen LogP contribution in [0.25, 0.3) is 0 Å². The van der Waals surface area contributed by atoms with Crippen LogP contribution in [0.5, 0.6) is 0 Å². The molecule has 0 saturated heterocycles. The fourth-order valence-corrected chi connectivity index (χ4v) is 0.842. The fraction of sp³-hybridized carbons (Fsp3) is 0.429. The number of H-pyrrole nitrogens is 1. The van der Waals surface area contributed by atoms with Crippen molar-refractivity contribution in [1.29, 1.82) is 0 Å². The van der Waals surface area contributed by atoms with Gasteiger partial charge in [0.05, 0.1) is 31.6 Å². The van der Waals surface area contributed by atoms with Crippen LogP contribution in [0.15, 0.2) is 12.5 Å². The molecule has 1 atom stereocenters. The molecule has 1 rings (SSSR count). The van der Waals surface area contributed by atoms with Crippen LogP contribution in [0.2, 0.25) is 0 Å². The average molecular weight is 169 g/mol. The summed E-state index contributed by atoms with van der Waals surface area (Å²) in [5, 5.41) is 0. The van der Waals surface area contributed by atoms with Gasteiger partial charge in [-0.1, -0.05) is 0 Å².